The highest BCUT2D eigenvalue weighted by Crippen LogP contribution is 2.16. The van der Waals surface area contributed by atoms with Gasteiger partial charge in [-0.25, -0.2) is 0 Å². The average molecular weight is 262 g/mol. The number of nitrogens with two attached hydrogens (primary N) is 1. The van der Waals surface area contributed by atoms with Crippen LogP contribution in [0.15, 0.2) is 24.3 Å². The number of likely N-dealkylation sites (tertiary alicyclic amines) is 1. The van der Waals surface area contributed by atoms with Crippen LogP contribution in [-0.4, -0.2) is 37.2 Å². The van der Waals surface area contributed by atoms with Gasteiger partial charge in [-0.2, -0.15) is 0 Å². The second-order valence-electron chi connectivity index (χ2n) is 5.31. The smallest absolute Gasteiger partial charge is 0.0702 e. The van der Waals surface area contributed by atoms with E-state index in [9.17, 15) is 0 Å². The van der Waals surface area contributed by atoms with Gasteiger partial charge in [0.25, 0.3) is 0 Å². The molecule has 19 heavy (non-hydrogen) atoms. The van der Waals surface area contributed by atoms with Gasteiger partial charge in [0.15, 0.2) is 0 Å². The predicted molar refractivity (Wildman–Crippen MR) is 79.1 cm³/mol. The molecule has 1 fully saturated rings. The van der Waals surface area contributed by atoms with Crippen LogP contribution < -0.4 is 5.73 Å². The van der Waals surface area contributed by atoms with E-state index in [1.54, 1.807) is 0 Å². The number of ether oxygens (including phenoxy) is 1. The standard InChI is InChI=1S/C16H26N2O/c1-2-19-16-4-3-11-18(13-16)12-15-7-5-14(6-8-15)9-10-17/h5-8,16H,2-4,9-13,17H2,1H3. The van der Waals surface area contributed by atoms with Gasteiger partial charge in [0.1, 0.15) is 0 Å². The Hall–Kier alpha value is -0.900. The van der Waals surface area contributed by atoms with Gasteiger partial charge >= 0.3 is 0 Å². The maximum atomic E-state index is 5.75. The summed E-state index contributed by atoms with van der Waals surface area (Å²) in [7, 11) is 0. The molecule has 0 radical (unpaired) electrons. The minimum atomic E-state index is 0.426. The highest BCUT2D eigenvalue weighted by Gasteiger charge is 2.19. The van der Waals surface area contributed by atoms with E-state index in [-0.39, 0.29) is 0 Å². The fourth-order valence-corrected chi connectivity index (χ4v) is 2.76. The molecule has 0 amide bonds. The quantitative estimate of drug-likeness (QED) is 0.854. The lowest BCUT2D eigenvalue weighted by molar-refractivity contribution is 0.00363. The summed E-state index contributed by atoms with van der Waals surface area (Å²) in [5, 5.41) is 0. The van der Waals surface area contributed by atoms with E-state index < -0.39 is 0 Å². The summed E-state index contributed by atoms with van der Waals surface area (Å²) in [6, 6.07) is 8.86. The lowest BCUT2D eigenvalue weighted by Gasteiger charge is -2.32. The topological polar surface area (TPSA) is 38.5 Å². The van der Waals surface area contributed by atoms with Gasteiger partial charge in [-0.3, -0.25) is 4.90 Å². The van der Waals surface area contributed by atoms with Crippen LogP contribution in [0.3, 0.4) is 0 Å². The number of benzene rings is 1. The molecule has 0 bridgehead atoms. The van der Waals surface area contributed by atoms with Crippen molar-refractivity contribution in [2.75, 3.05) is 26.2 Å². The Morgan fingerprint density at radius 3 is 2.68 bits per heavy atom. The van der Waals surface area contributed by atoms with Crippen molar-refractivity contribution in [2.24, 2.45) is 5.73 Å². The molecule has 1 heterocycles. The Labute approximate surface area is 116 Å². The third-order valence-corrected chi connectivity index (χ3v) is 3.73. The van der Waals surface area contributed by atoms with Crippen molar-refractivity contribution in [3.8, 4) is 0 Å². The molecule has 1 aromatic carbocycles. The normalized spacial score (nSPS) is 20.6. The molecular formula is C16H26N2O. The average Bonchev–Trinajstić information content (AvgIpc) is 2.42. The van der Waals surface area contributed by atoms with Crippen molar-refractivity contribution in [1.82, 2.24) is 4.90 Å². The Balaban J connectivity index is 1.85. The van der Waals surface area contributed by atoms with Crippen LogP contribution in [0.25, 0.3) is 0 Å². The lowest BCUT2D eigenvalue weighted by Crippen LogP contribution is -2.39. The van der Waals surface area contributed by atoms with Crippen molar-refractivity contribution in [3.63, 3.8) is 0 Å². The Morgan fingerprint density at radius 1 is 1.26 bits per heavy atom. The van der Waals surface area contributed by atoms with Crippen molar-refractivity contribution >= 4 is 0 Å². The van der Waals surface area contributed by atoms with Crippen LogP contribution in [0.2, 0.25) is 0 Å². The largest absolute Gasteiger partial charge is 0.377 e. The molecule has 1 aliphatic heterocycles. The zero-order valence-electron chi connectivity index (χ0n) is 12.0. The predicted octanol–water partition coefficient (Wildman–Crippen LogP) is 2.19. The Kier molecular flexibility index (Phi) is 5.83. The maximum Gasteiger partial charge on any atom is 0.0702 e. The number of rotatable bonds is 6. The molecule has 1 aliphatic rings. The molecule has 3 heteroatoms. The number of piperidine rings is 1. The third-order valence-electron chi connectivity index (χ3n) is 3.73. The van der Waals surface area contributed by atoms with E-state index in [0.717, 1.165) is 32.7 Å². The molecular weight excluding hydrogens is 236 g/mol. The van der Waals surface area contributed by atoms with Gasteiger partial charge in [0, 0.05) is 19.7 Å². The maximum absolute atomic E-state index is 5.75. The second-order valence-corrected chi connectivity index (χ2v) is 5.31. The van der Waals surface area contributed by atoms with Crippen LogP contribution >= 0.6 is 0 Å². The summed E-state index contributed by atoms with van der Waals surface area (Å²) < 4.78 is 5.75. The molecule has 0 saturated carbocycles. The summed E-state index contributed by atoms with van der Waals surface area (Å²) >= 11 is 0. The first-order valence-electron chi connectivity index (χ1n) is 7.43. The molecule has 1 atom stereocenters. The molecule has 1 saturated heterocycles. The molecule has 1 aromatic rings. The lowest BCUT2D eigenvalue weighted by atomic mass is 10.1. The van der Waals surface area contributed by atoms with Gasteiger partial charge in [-0.1, -0.05) is 24.3 Å². The van der Waals surface area contributed by atoms with E-state index in [4.69, 9.17) is 10.5 Å². The summed E-state index contributed by atoms with van der Waals surface area (Å²) in [6.45, 7) is 6.92. The SMILES string of the molecule is CCOC1CCCN(Cc2ccc(CCN)cc2)C1. The summed E-state index contributed by atoms with van der Waals surface area (Å²) in [5.74, 6) is 0. The van der Waals surface area contributed by atoms with Crippen molar-refractivity contribution in [1.29, 1.82) is 0 Å². The fraction of sp³-hybridized carbons (Fsp3) is 0.625. The number of hydrogen-bond donors (Lipinski definition) is 1. The molecule has 2 rings (SSSR count). The summed E-state index contributed by atoms with van der Waals surface area (Å²) in [5.41, 5.74) is 8.29. The first kappa shape index (κ1) is 14.5. The summed E-state index contributed by atoms with van der Waals surface area (Å²) in [4.78, 5) is 2.50. The zero-order valence-corrected chi connectivity index (χ0v) is 12.0. The van der Waals surface area contributed by atoms with Crippen molar-refractivity contribution in [3.05, 3.63) is 35.4 Å². The van der Waals surface area contributed by atoms with Crippen molar-refractivity contribution < 1.29 is 4.74 Å². The van der Waals surface area contributed by atoms with Gasteiger partial charge in [-0.15, -0.1) is 0 Å². The van der Waals surface area contributed by atoms with Crippen LogP contribution in [0.1, 0.15) is 30.9 Å². The summed E-state index contributed by atoms with van der Waals surface area (Å²) in [6.07, 6.45) is 3.85. The van der Waals surface area contributed by atoms with Crippen LogP contribution in [0, 0.1) is 0 Å². The highest BCUT2D eigenvalue weighted by atomic mass is 16.5. The molecule has 0 aliphatic carbocycles. The second kappa shape index (κ2) is 7.63. The van der Waals surface area contributed by atoms with Gasteiger partial charge in [0.2, 0.25) is 0 Å². The first-order chi connectivity index (χ1) is 9.31. The Morgan fingerprint density at radius 2 is 2.00 bits per heavy atom. The van der Waals surface area contributed by atoms with E-state index in [1.165, 1.54) is 30.5 Å². The minimum Gasteiger partial charge on any atom is -0.377 e. The van der Waals surface area contributed by atoms with Crippen molar-refractivity contribution in [2.45, 2.75) is 38.8 Å². The first-order valence-corrected chi connectivity index (χ1v) is 7.43. The van der Waals surface area contributed by atoms with E-state index in [2.05, 4.69) is 36.1 Å². The number of nitrogens with zero attached hydrogens (tertiary/aromatic N) is 1. The van der Waals surface area contributed by atoms with Gasteiger partial charge < -0.3 is 10.5 Å². The van der Waals surface area contributed by atoms with Crippen LogP contribution in [-0.2, 0) is 17.7 Å². The zero-order chi connectivity index (χ0) is 13.5. The van der Waals surface area contributed by atoms with E-state index >= 15 is 0 Å². The van der Waals surface area contributed by atoms with Crippen LogP contribution in [0.5, 0.6) is 0 Å². The highest BCUT2D eigenvalue weighted by molar-refractivity contribution is 5.22. The van der Waals surface area contributed by atoms with Crippen LogP contribution in [0.4, 0.5) is 0 Å². The van der Waals surface area contributed by atoms with Gasteiger partial charge in [-0.05, 0) is 50.4 Å². The fourth-order valence-electron chi connectivity index (χ4n) is 2.76. The number of hydrogen-bond acceptors (Lipinski definition) is 3. The Bertz CT molecular complexity index is 362. The monoisotopic (exact) mass is 262 g/mol. The van der Waals surface area contributed by atoms with Gasteiger partial charge in [0.05, 0.1) is 6.10 Å². The minimum absolute atomic E-state index is 0.426. The molecule has 0 aromatic heterocycles. The third kappa shape index (κ3) is 4.60. The molecule has 3 nitrogen and oxygen atoms in total. The van der Waals surface area contributed by atoms with E-state index in [0.29, 0.717) is 6.10 Å². The molecule has 1 unspecified atom stereocenters. The molecule has 0 spiro atoms. The van der Waals surface area contributed by atoms with E-state index in [1.807, 2.05) is 0 Å². The molecule has 2 N–H and O–H groups in total. The molecule has 106 valence electrons.